The van der Waals surface area contributed by atoms with Crippen molar-refractivity contribution in [3.05, 3.63) is 29.1 Å². The predicted molar refractivity (Wildman–Crippen MR) is 84.7 cm³/mol. The summed E-state index contributed by atoms with van der Waals surface area (Å²) in [5.74, 6) is 1.46. The van der Waals surface area contributed by atoms with Gasteiger partial charge in [0.15, 0.2) is 5.82 Å². The van der Waals surface area contributed by atoms with Gasteiger partial charge in [0, 0.05) is 25.2 Å². The van der Waals surface area contributed by atoms with E-state index in [2.05, 4.69) is 43.5 Å². The molecule has 0 amide bonds. The minimum atomic E-state index is -0.801. The molecule has 2 N–H and O–H groups in total. The average molecular weight is 321 g/mol. The summed E-state index contributed by atoms with van der Waals surface area (Å²) in [6.07, 6.45) is -0.351. The standard InChI is InChI=1S/C15H24FN7/c1-10-6-11(2)23(21-10)5-4-22(3)9-14-18-15(20-19-14)13-7-12(16)8-17-13/h6,12-13,17H,4-5,7-9H2,1-3H3,(H,18,19,20)/t12-,13+/m0/s1. The lowest BCUT2D eigenvalue weighted by Gasteiger charge is -2.15. The molecule has 1 aliphatic rings. The van der Waals surface area contributed by atoms with Gasteiger partial charge in [-0.15, -0.1) is 0 Å². The van der Waals surface area contributed by atoms with E-state index in [4.69, 9.17) is 0 Å². The first kappa shape index (κ1) is 16.1. The van der Waals surface area contributed by atoms with Crippen molar-refractivity contribution in [3.8, 4) is 0 Å². The minimum absolute atomic E-state index is 0.0741. The Labute approximate surface area is 135 Å². The smallest absolute Gasteiger partial charge is 0.167 e. The van der Waals surface area contributed by atoms with E-state index >= 15 is 0 Å². The number of nitrogens with zero attached hydrogens (tertiary/aromatic N) is 5. The molecule has 126 valence electrons. The van der Waals surface area contributed by atoms with Crippen molar-refractivity contribution in [2.75, 3.05) is 20.1 Å². The number of halogens is 1. The first-order chi connectivity index (χ1) is 11.0. The number of aromatic nitrogens is 5. The van der Waals surface area contributed by atoms with Crippen LogP contribution in [0.1, 0.15) is 35.5 Å². The Kier molecular flexibility index (Phi) is 4.72. The molecule has 0 spiro atoms. The van der Waals surface area contributed by atoms with E-state index in [0.29, 0.717) is 25.3 Å². The van der Waals surface area contributed by atoms with Crippen LogP contribution in [-0.2, 0) is 13.1 Å². The second kappa shape index (κ2) is 6.76. The van der Waals surface area contributed by atoms with E-state index < -0.39 is 6.17 Å². The second-order valence-corrected chi connectivity index (χ2v) is 6.32. The summed E-state index contributed by atoms with van der Waals surface area (Å²) in [7, 11) is 2.04. The fourth-order valence-electron chi connectivity index (χ4n) is 2.93. The zero-order chi connectivity index (χ0) is 16.4. The van der Waals surface area contributed by atoms with E-state index in [0.717, 1.165) is 24.6 Å². The SMILES string of the molecule is Cc1cc(C)n(CCN(C)Cc2nc([C@H]3C[C@H](F)CN3)n[nH]2)n1. The molecule has 2 aromatic heterocycles. The zero-order valence-corrected chi connectivity index (χ0v) is 13.9. The van der Waals surface area contributed by atoms with Crippen LogP contribution in [0.15, 0.2) is 6.07 Å². The van der Waals surface area contributed by atoms with Gasteiger partial charge in [-0.25, -0.2) is 9.37 Å². The number of hydrogen-bond donors (Lipinski definition) is 2. The van der Waals surface area contributed by atoms with Crippen molar-refractivity contribution < 1.29 is 4.39 Å². The van der Waals surface area contributed by atoms with Gasteiger partial charge in [-0.2, -0.15) is 10.2 Å². The number of likely N-dealkylation sites (N-methyl/N-ethyl adjacent to an activating group) is 1. The van der Waals surface area contributed by atoms with Gasteiger partial charge in [0.1, 0.15) is 12.0 Å². The molecule has 0 unspecified atom stereocenters. The molecule has 1 fully saturated rings. The van der Waals surface area contributed by atoms with Crippen molar-refractivity contribution >= 4 is 0 Å². The van der Waals surface area contributed by atoms with Gasteiger partial charge in [0.2, 0.25) is 0 Å². The van der Waals surface area contributed by atoms with Crippen LogP contribution in [0.25, 0.3) is 0 Å². The summed E-state index contributed by atoms with van der Waals surface area (Å²) < 4.78 is 15.2. The molecule has 1 saturated heterocycles. The van der Waals surface area contributed by atoms with Gasteiger partial charge < -0.3 is 5.32 Å². The molecular weight excluding hydrogens is 297 g/mol. The number of aromatic amines is 1. The number of rotatable bonds is 6. The van der Waals surface area contributed by atoms with Crippen molar-refractivity contribution in [2.45, 2.75) is 45.6 Å². The lowest BCUT2D eigenvalue weighted by atomic mass is 10.2. The lowest BCUT2D eigenvalue weighted by molar-refractivity contribution is 0.297. The minimum Gasteiger partial charge on any atom is -0.304 e. The Balaban J connectivity index is 1.51. The highest BCUT2D eigenvalue weighted by molar-refractivity contribution is 5.06. The first-order valence-electron chi connectivity index (χ1n) is 7.99. The largest absolute Gasteiger partial charge is 0.304 e. The van der Waals surface area contributed by atoms with Crippen LogP contribution in [0.5, 0.6) is 0 Å². The molecule has 0 aromatic carbocycles. The van der Waals surface area contributed by atoms with E-state index in [1.165, 1.54) is 5.69 Å². The summed E-state index contributed by atoms with van der Waals surface area (Å²) in [5.41, 5.74) is 2.21. The highest BCUT2D eigenvalue weighted by Crippen LogP contribution is 2.22. The Morgan fingerprint density at radius 2 is 2.26 bits per heavy atom. The van der Waals surface area contributed by atoms with Crippen LogP contribution >= 0.6 is 0 Å². The fourth-order valence-corrected chi connectivity index (χ4v) is 2.93. The molecule has 0 saturated carbocycles. The Bertz CT molecular complexity index is 650. The number of alkyl halides is 1. The molecule has 7 nitrogen and oxygen atoms in total. The summed E-state index contributed by atoms with van der Waals surface area (Å²) >= 11 is 0. The predicted octanol–water partition coefficient (Wildman–Crippen LogP) is 1.12. The Hall–Kier alpha value is -1.80. The molecule has 8 heteroatoms. The van der Waals surface area contributed by atoms with Crippen LogP contribution in [0.2, 0.25) is 0 Å². The third-order valence-electron chi connectivity index (χ3n) is 4.15. The average Bonchev–Trinajstić information content (AvgIpc) is 3.18. The van der Waals surface area contributed by atoms with E-state index in [9.17, 15) is 4.39 Å². The first-order valence-corrected chi connectivity index (χ1v) is 7.99. The molecule has 0 radical (unpaired) electrons. The van der Waals surface area contributed by atoms with Crippen molar-refractivity contribution in [2.24, 2.45) is 0 Å². The maximum Gasteiger partial charge on any atom is 0.167 e. The molecule has 3 rings (SSSR count). The topological polar surface area (TPSA) is 74.7 Å². The number of aryl methyl sites for hydroxylation is 2. The number of nitrogens with one attached hydrogen (secondary N) is 2. The van der Waals surface area contributed by atoms with Crippen molar-refractivity contribution in [1.29, 1.82) is 0 Å². The normalized spacial score (nSPS) is 21.4. The van der Waals surface area contributed by atoms with Gasteiger partial charge in [-0.05, 0) is 27.0 Å². The highest BCUT2D eigenvalue weighted by Gasteiger charge is 2.27. The number of H-pyrrole nitrogens is 1. The maximum absolute atomic E-state index is 13.2. The zero-order valence-electron chi connectivity index (χ0n) is 13.9. The van der Waals surface area contributed by atoms with E-state index in [-0.39, 0.29) is 6.04 Å². The van der Waals surface area contributed by atoms with Gasteiger partial charge in [0.25, 0.3) is 0 Å². The summed E-state index contributed by atoms with van der Waals surface area (Å²) in [6, 6.07) is 2.00. The quantitative estimate of drug-likeness (QED) is 0.834. The monoisotopic (exact) mass is 321 g/mol. The molecule has 2 atom stereocenters. The van der Waals surface area contributed by atoms with Crippen LogP contribution in [0.3, 0.4) is 0 Å². The lowest BCUT2D eigenvalue weighted by Crippen LogP contribution is -2.24. The van der Waals surface area contributed by atoms with Crippen LogP contribution in [0, 0.1) is 13.8 Å². The molecular formula is C15H24FN7. The molecule has 0 aliphatic carbocycles. The molecule has 0 bridgehead atoms. The van der Waals surface area contributed by atoms with Crippen LogP contribution in [-0.4, -0.2) is 56.2 Å². The number of hydrogen-bond acceptors (Lipinski definition) is 5. The van der Waals surface area contributed by atoms with Crippen molar-refractivity contribution in [3.63, 3.8) is 0 Å². The van der Waals surface area contributed by atoms with Gasteiger partial charge >= 0.3 is 0 Å². The van der Waals surface area contributed by atoms with Crippen LogP contribution in [0.4, 0.5) is 4.39 Å². The van der Waals surface area contributed by atoms with Gasteiger partial charge in [0.05, 0.1) is 24.8 Å². The summed E-state index contributed by atoms with van der Waals surface area (Å²) in [5, 5.41) is 14.7. The summed E-state index contributed by atoms with van der Waals surface area (Å²) in [6.45, 7) is 6.84. The molecule has 1 aliphatic heterocycles. The fraction of sp³-hybridized carbons (Fsp3) is 0.667. The third kappa shape index (κ3) is 3.94. The van der Waals surface area contributed by atoms with Crippen LogP contribution < -0.4 is 5.32 Å². The van der Waals surface area contributed by atoms with Crippen molar-refractivity contribution in [1.82, 2.24) is 35.2 Å². The Morgan fingerprint density at radius 3 is 2.91 bits per heavy atom. The molecule has 2 aromatic rings. The van der Waals surface area contributed by atoms with E-state index in [1.807, 2.05) is 18.7 Å². The van der Waals surface area contributed by atoms with E-state index in [1.54, 1.807) is 0 Å². The summed E-state index contributed by atoms with van der Waals surface area (Å²) in [4.78, 5) is 6.65. The van der Waals surface area contributed by atoms with Gasteiger partial charge in [-0.3, -0.25) is 14.7 Å². The molecule has 3 heterocycles. The second-order valence-electron chi connectivity index (χ2n) is 6.32. The maximum atomic E-state index is 13.2. The third-order valence-corrected chi connectivity index (χ3v) is 4.15. The van der Waals surface area contributed by atoms with Gasteiger partial charge in [-0.1, -0.05) is 0 Å². The molecule has 23 heavy (non-hydrogen) atoms. The highest BCUT2D eigenvalue weighted by atomic mass is 19.1. The Morgan fingerprint density at radius 1 is 1.43 bits per heavy atom.